The maximum Gasteiger partial charge on any atom is 0.262 e. The van der Waals surface area contributed by atoms with Gasteiger partial charge in [0.1, 0.15) is 0 Å². The van der Waals surface area contributed by atoms with Crippen molar-refractivity contribution in [1.29, 1.82) is 0 Å². The van der Waals surface area contributed by atoms with Crippen LogP contribution in [-0.2, 0) is 4.79 Å². The van der Waals surface area contributed by atoms with Crippen molar-refractivity contribution in [2.45, 2.75) is 13.3 Å². The first kappa shape index (κ1) is 14.3. The fourth-order valence-corrected chi connectivity index (χ4v) is 2.55. The van der Waals surface area contributed by atoms with Crippen LogP contribution in [0.4, 0.5) is 11.4 Å². The van der Waals surface area contributed by atoms with Crippen molar-refractivity contribution >= 4 is 17.3 Å². The van der Waals surface area contributed by atoms with Crippen LogP contribution in [0.15, 0.2) is 84.5 Å². The second-order valence-electron chi connectivity index (χ2n) is 5.54. The molecule has 0 aliphatic heterocycles. The summed E-state index contributed by atoms with van der Waals surface area (Å²) >= 11 is 0. The van der Waals surface area contributed by atoms with Gasteiger partial charge in [0, 0.05) is 16.9 Å². The molecule has 2 nitrogen and oxygen atoms in total. The first-order valence-electron chi connectivity index (χ1n) is 7.58. The highest BCUT2D eigenvalue weighted by atomic mass is 16.2. The van der Waals surface area contributed by atoms with Crippen molar-refractivity contribution in [3.05, 3.63) is 84.5 Å². The quantitative estimate of drug-likeness (QED) is 0.789. The van der Waals surface area contributed by atoms with Crippen LogP contribution in [0.3, 0.4) is 0 Å². The molecule has 1 aliphatic carbocycles. The van der Waals surface area contributed by atoms with Gasteiger partial charge in [-0.15, -0.1) is 0 Å². The minimum atomic E-state index is 0.0144. The van der Waals surface area contributed by atoms with Gasteiger partial charge in [0.2, 0.25) is 0 Å². The zero-order chi connectivity index (χ0) is 15.4. The third-order valence-corrected chi connectivity index (χ3v) is 3.79. The summed E-state index contributed by atoms with van der Waals surface area (Å²) in [5.41, 5.74) is 2.52. The number of carbonyl (C=O) groups excluding carboxylic acids is 1. The Balaban J connectivity index is 2.00. The molecule has 2 aromatic carbocycles. The van der Waals surface area contributed by atoms with E-state index < -0.39 is 0 Å². The summed E-state index contributed by atoms with van der Waals surface area (Å²) in [4.78, 5) is 14.8. The fourth-order valence-electron chi connectivity index (χ4n) is 2.55. The van der Waals surface area contributed by atoms with Crippen LogP contribution in [0.25, 0.3) is 0 Å². The maximum absolute atomic E-state index is 13.0. The van der Waals surface area contributed by atoms with E-state index in [9.17, 15) is 4.79 Å². The second kappa shape index (κ2) is 6.44. The van der Waals surface area contributed by atoms with Crippen molar-refractivity contribution in [2.24, 2.45) is 5.92 Å². The molecule has 0 bridgehead atoms. The number of anilines is 2. The summed E-state index contributed by atoms with van der Waals surface area (Å²) in [6.45, 7) is 2.15. The van der Waals surface area contributed by atoms with Gasteiger partial charge < -0.3 is 0 Å². The van der Waals surface area contributed by atoms with Gasteiger partial charge in [-0.05, 0) is 36.6 Å². The molecule has 0 saturated heterocycles. The van der Waals surface area contributed by atoms with Gasteiger partial charge in [0.15, 0.2) is 0 Å². The van der Waals surface area contributed by atoms with Crippen LogP contribution in [0.2, 0.25) is 0 Å². The molecule has 0 aromatic heterocycles. The molecule has 1 unspecified atom stereocenters. The monoisotopic (exact) mass is 289 g/mol. The normalized spacial score (nSPS) is 17.0. The van der Waals surface area contributed by atoms with Gasteiger partial charge in [0.05, 0.1) is 0 Å². The van der Waals surface area contributed by atoms with Crippen molar-refractivity contribution in [1.82, 2.24) is 0 Å². The van der Waals surface area contributed by atoms with Crippen LogP contribution in [0.1, 0.15) is 13.3 Å². The van der Waals surface area contributed by atoms with Gasteiger partial charge >= 0.3 is 0 Å². The third-order valence-electron chi connectivity index (χ3n) is 3.79. The number of hydrogen-bond donors (Lipinski definition) is 0. The minimum absolute atomic E-state index is 0.0144. The van der Waals surface area contributed by atoms with E-state index in [1.165, 1.54) is 0 Å². The van der Waals surface area contributed by atoms with E-state index >= 15 is 0 Å². The van der Waals surface area contributed by atoms with Gasteiger partial charge in [-0.2, -0.15) is 0 Å². The SMILES string of the molecule is CC1C=CC(C(=O)N(c2ccccc2)c2ccccc2)=CC1. The zero-order valence-electron chi connectivity index (χ0n) is 12.6. The molecule has 1 amide bonds. The van der Waals surface area contributed by atoms with Gasteiger partial charge in [-0.3, -0.25) is 9.69 Å². The first-order chi connectivity index (χ1) is 10.8. The Morgan fingerprint density at radius 3 is 1.95 bits per heavy atom. The molecule has 1 atom stereocenters. The van der Waals surface area contributed by atoms with Crippen LogP contribution in [-0.4, -0.2) is 5.91 Å². The predicted octanol–water partition coefficient (Wildman–Crippen LogP) is 4.87. The molecule has 0 saturated carbocycles. The van der Waals surface area contributed by atoms with E-state index in [2.05, 4.69) is 13.0 Å². The molecular formula is C20H19NO. The summed E-state index contributed by atoms with van der Waals surface area (Å²) in [7, 11) is 0. The third kappa shape index (κ3) is 3.01. The topological polar surface area (TPSA) is 20.3 Å². The molecule has 0 radical (unpaired) electrons. The lowest BCUT2D eigenvalue weighted by atomic mass is 9.97. The molecule has 2 aromatic rings. The lowest BCUT2D eigenvalue weighted by molar-refractivity contribution is -0.114. The lowest BCUT2D eigenvalue weighted by Gasteiger charge is -2.24. The highest BCUT2D eigenvalue weighted by Crippen LogP contribution is 2.28. The van der Waals surface area contributed by atoms with E-state index in [0.717, 1.165) is 23.4 Å². The lowest BCUT2D eigenvalue weighted by Crippen LogP contribution is -2.27. The molecule has 0 fully saturated rings. The average Bonchev–Trinajstić information content (AvgIpc) is 2.57. The van der Waals surface area contributed by atoms with Crippen LogP contribution in [0.5, 0.6) is 0 Å². The highest BCUT2D eigenvalue weighted by Gasteiger charge is 2.21. The molecule has 2 heteroatoms. The fraction of sp³-hybridized carbons (Fsp3) is 0.150. The number of allylic oxidation sites excluding steroid dienone is 2. The molecule has 0 N–H and O–H groups in total. The average molecular weight is 289 g/mol. The first-order valence-corrected chi connectivity index (χ1v) is 7.58. The molecule has 22 heavy (non-hydrogen) atoms. The molecule has 0 heterocycles. The largest absolute Gasteiger partial charge is 0.277 e. The summed E-state index contributed by atoms with van der Waals surface area (Å²) in [6.07, 6.45) is 6.98. The van der Waals surface area contributed by atoms with E-state index in [1.807, 2.05) is 72.8 Å². The van der Waals surface area contributed by atoms with E-state index in [1.54, 1.807) is 4.90 Å². The molecule has 1 aliphatic rings. The molecular weight excluding hydrogens is 270 g/mol. The van der Waals surface area contributed by atoms with E-state index in [0.29, 0.717) is 5.92 Å². The van der Waals surface area contributed by atoms with Crippen LogP contribution < -0.4 is 4.90 Å². The van der Waals surface area contributed by atoms with E-state index in [-0.39, 0.29) is 5.91 Å². The maximum atomic E-state index is 13.0. The van der Waals surface area contributed by atoms with Crippen LogP contribution in [0, 0.1) is 5.92 Å². The Kier molecular flexibility index (Phi) is 4.19. The standard InChI is InChI=1S/C20H19NO/c1-16-12-14-17(15-13-16)20(22)21(18-8-4-2-5-9-18)19-10-6-3-7-11-19/h2-12,14-16H,13H2,1H3. The van der Waals surface area contributed by atoms with Crippen molar-refractivity contribution < 1.29 is 4.79 Å². The number of benzene rings is 2. The summed E-state index contributed by atoms with van der Waals surface area (Å²) in [5.74, 6) is 0.513. The Bertz CT molecular complexity index is 662. The van der Waals surface area contributed by atoms with Gasteiger partial charge in [0.25, 0.3) is 5.91 Å². The number of amides is 1. The van der Waals surface area contributed by atoms with E-state index in [4.69, 9.17) is 0 Å². The zero-order valence-corrected chi connectivity index (χ0v) is 12.6. The highest BCUT2D eigenvalue weighted by molar-refractivity contribution is 6.12. The van der Waals surface area contributed by atoms with Crippen LogP contribution >= 0.6 is 0 Å². The summed E-state index contributed by atoms with van der Waals surface area (Å²) < 4.78 is 0. The molecule has 0 spiro atoms. The minimum Gasteiger partial charge on any atom is -0.277 e. The Hall–Kier alpha value is -2.61. The number of carbonyl (C=O) groups is 1. The predicted molar refractivity (Wildman–Crippen MR) is 91.0 cm³/mol. The van der Waals surface area contributed by atoms with Gasteiger partial charge in [-0.25, -0.2) is 0 Å². The molecule has 3 rings (SSSR count). The van der Waals surface area contributed by atoms with Crippen molar-refractivity contribution in [3.8, 4) is 0 Å². The van der Waals surface area contributed by atoms with Crippen molar-refractivity contribution in [3.63, 3.8) is 0 Å². The van der Waals surface area contributed by atoms with Gasteiger partial charge in [-0.1, -0.05) is 61.5 Å². The number of nitrogens with zero attached hydrogens (tertiary/aromatic N) is 1. The Morgan fingerprint density at radius 2 is 1.50 bits per heavy atom. The van der Waals surface area contributed by atoms with Crippen molar-refractivity contribution in [2.75, 3.05) is 4.90 Å². The number of para-hydroxylation sites is 2. The summed E-state index contributed by atoms with van der Waals surface area (Å²) in [5, 5.41) is 0. The number of hydrogen-bond acceptors (Lipinski definition) is 1. The Labute approximate surface area is 131 Å². The summed E-state index contributed by atoms with van der Waals surface area (Å²) in [6, 6.07) is 19.6. The Morgan fingerprint density at radius 1 is 0.955 bits per heavy atom. The smallest absolute Gasteiger partial charge is 0.262 e. The molecule has 110 valence electrons. The number of rotatable bonds is 3. The second-order valence-corrected chi connectivity index (χ2v) is 5.54.